The van der Waals surface area contributed by atoms with Crippen LogP contribution in [0, 0.1) is 0 Å². The van der Waals surface area contributed by atoms with Crippen molar-refractivity contribution in [2.24, 2.45) is 0 Å². The zero-order valence-corrected chi connectivity index (χ0v) is 5.05. The van der Waals surface area contributed by atoms with E-state index in [2.05, 4.69) is 4.52 Å². The largest absolute Gasteiger partial charge is 1.00 e. The Bertz CT molecular complexity index is 51.0. The molecule has 0 spiro atoms. The van der Waals surface area contributed by atoms with Gasteiger partial charge in [0.05, 0.1) is 9.47 Å². The van der Waals surface area contributed by atoms with Crippen LogP contribution < -0.4 is 18.9 Å². The standard InChI is InChI=1S/C2H5O2P.Li.H/c1-2(3)4-5;;/h5H2,1H3;;/q;+1;-1. The Kier molecular flexibility index (Phi) is 8.89. The Morgan fingerprint density at radius 1 is 2.00 bits per heavy atom. The second-order valence-electron chi connectivity index (χ2n) is 0.609. The van der Waals surface area contributed by atoms with Gasteiger partial charge in [0.25, 0.3) is 0 Å². The molecule has 0 aliphatic carbocycles. The van der Waals surface area contributed by atoms with E-state index in [4.69, 9.17) is 0 Å². The zero-order valence-electron chi connectivity index (χ0n) is 4.89. The summed E-state index contributed by atoms with van der Waals surface area (Å²) in [5.41, 5.74) is 0. The minimum atomic E-state index is -0.282. The first-order valence-electron chi connectivity index (χ1n) is 1.14. The molecule has 0 saturated carbocycles. The molecule has 0 heterocycles. The van der Waals surface area contributed by atoms with Crippen LogP contribution in [0.3, 0.4) is 0 Å². The molecule has 0 radical (unpaired) electrons. The molecule has 1 unspecified atom stereocenters. The Balaban J connectivity index is -0.0000000800. The molecule has 0 fully saturated rings. The topological polar surface area (TPSA) is 26.3 Å². The van der Waals surface area contributed by atoms with Crippen LogP contribution in [0.25, 0.3) is 0 Å². The molecule has 0 aromatic rings. The van der Waals surface area contributed by atoms with Gasteiger partial charge < -0.3 is 5.95 Å². The summed E-state index contributed by atoms with van der Waals surface area (Å²) in [5, 5.41) is 0. The molecule has 0 bridgehead atoms. The Morgan fingerprint density at radius 2 is 2.17 bits per heavy atom. The van der Waals surface area contributed by atoms with Crippen LogP contribution >= 0.6 is 9.47 Å². The van der Waals surface area contributed by atoms with Crippen molar-refractivity contribution in [2.75, 3.05) is 0 Å². The van der Waals surface area contributed by atoms with Gasteiger partial charge in [0, 0.05) is 6.92 Å². The van der Waals surface area contributed by atoms with Crippen molar-refractivity contribution in [3.05, 3.63) is 0 Å². The fraction of sp³-hybridized carbons (Fsp3) is 0.500. The first-order valence-corrected chi connectivity index (χ1v) is 1.62. The molecule has 0 rings (SSSR count). The van der Waals surface area contributed by atoms with Gasteiger partial charge in [-0.1, -0.05) is 0 Å². The summed E-state index contributed by atoms with van der Waals surface area (Å²) < 4.78 is 4.03. The van der Waals surface area contributed by atoms with E-state index in [1.54, 1.807) is 0 Å². The molecule has 0 aromatic carbocycles. The summed E-state index contributed by atoms with van der Waals surface area (Å²) in [6.45, 7) is 1.34. The minimum Gasteiger partial charge on any atom is -1.00 e. The number of hydrogen-bond acceptors (Lipinski definition) is 2. The van der Waals surface area contributed by atoms with E-state index in [0.29, 0.717) is 0 Å². The third-order valence-corrected chi connectivity index (χ3v) is 0.498. The zero-order chi connectivity index (χ0) is 4.28. The Morgan fingerprint density at radius 3 is 2.17 bits per heavy atom. The molecule has 0 aliphatic rings. The molecule has 0 aromatic heterocycles. The minimum absolute atomic E-state index is 0. The van der Waals surface area contributed by atoms with E-state index in [9.17, 15) is 4.79 Å². The van der Waals surface area contributed by atoms with E-state index < -0.39 is 0 Å². The number of rotatable bonds is 0. The Labute approximate surface area is 52.6 Å². The van der Waals surface area contributed by atoms with Crippen molar-refractivity contribution in [2.45, 2.75) is 6.92 Å². The van der Waals surface area contributed by atoms with Crippen molar-refractivity contribution < 1.29 is 29.6 Å². The molecule has 0 saturated heterocycles. The monoisotopic (exact) mass is 100 g/mol. The van der Waals surface area contributed by atoms with Gasteiger partial charge in [-0.15, -0.1) is 0 Å². The van der Waals surface area contributed by atoms with Crippen molar-refractivity contribution in [1.82, 2.24) is 0 Å². The van der Waals surface area contributed by atoms with Crippen LogP contribution in [0.2, 0.25) is 0 Å². The van der Waals surface area contributed by atoms with Crippen molar-refractivity contribution >= 4 is 15.4 Å². The SMILES string of the molecule is CC(=O)OP.[H-].[Li+]. The van der Waals surface area contributed by atoms with Gasteiger partial charge in [0.2, 0.25) is 0 Å². The first kappa shape index (κ1) is 9.71. The van der Waals surface area contributed by atoms with E-state index in [0.717, 1.165) is 0 Å². The molecule has 2 nitrogen and oxygen atoms in total. The van der Waals surface area contributed by atoms with Crippen molar-refractivity contribution in [1.29, 1.82) is 0 Å². The summed E-state index contributed by atoms with van der Waals surface area (Å²) in [4.78, 5) is 9.57. The summed E-state index contributed by atoms with van der Waals surface area (Å²) in [5.74, 6) is -0.282. The average Bonchev–Trinajstić information content (AvgIpc) is 1.38. The summed E-state index contributed by atoms with van der Waals surface area (Å²) in [6.07, 6.45) is 0. The normalized spacial score (nSPS) is 5.67. The molecular formula is C2H6LiO2P. The van der Waals surface area contributed by atoms with Gasteiger partial charge in [-0.2, -0.15) is 0 Å². The molecule has 32 valence electrons. The summed E-state index contributed by atoms with van der Waals surface area (Å²) in [6, 6.07) is 0. The summed E-state index contributed by atoms with van der Waals surface area (Å²) in [7, 11) is 1.84. The maximum absolute atomic E-state index is 9.57. The van der Waals surface area contributed by atoms with Crippen LogP contribution in [-0.2, 0) is 9.32 Å². The van der Waals surface area contributed by atoms with Crippen LogP contribution in [0.5, 0.6) is 0 Å². The predicted molar refractivity (Wildman–Crippen MR) is 22.6 cm³/mol. The Hall–Kier alpha value is 0.497. The molecule has 6 heavy (non-hydrogen) atoms. The van der Waals surface area contributed by atoms with Gasteiger partial charge in [-0.3, -0.25) is 4.79 Å². The average molecular weight is 100.0 g/mol. The van der Waals surface area contributed by atoms with Gasteiger partial charge >= 0.3 is 24.8 Å². The third-order valence-electron chi connectivity index (χ3n) is 0.166. The molecule has 4 heteroatoms. The van der Waals surface area contributed by atoms with Gasteiger partial charge in [-0.05, 0) is 0 Å². The molecule has 0 N–H and O–H groups in total. The van der Waals surface area contributed by atoms with Crippen LogP contribution in [-0.4, -0.2) is 5.97 Å². The number of hydrogen-bond donors (Lipinski definition) is 0. The number of carbonyl (C=O) groups excluding carboxylic acids is 1. The van der Waals surface area contributed by atoms with E-state index in [1.807, 2.05) is 9.47 Å². The van der Waals surface area contributed by atoms with Gasteiger partial charge in [0.15, 0.2) is 0 Å². The third kappa shape index (κ3) is 8.82. The molecule has 0 amide bonds. The number of carbonyl (C=O) groups is 1. The fourth-order valence-electron chi connectivity index (χ4n) is 0. The maximum Gasteiger partial charge on any atom is 1.00 e. The van der Waals surface area contributed by atoms with Crippen LogP contribution in [0.15, 0.2) is 0 Å². The van der Waals surface area contributed by atoms with Crippen molar-refractivity contribution in [3.63, 3.8) is 0 Å². The van der Waals surface area contributed by atoms with E-state index >= 15 is 0 Å². The molecular weight excluding hydrogens is 93.9 g/mol. The fourth-order valence-corrected chi connectivity index (χ4v) is 0. The van der Waals surface area contributed by atoms with Gasteiger partial charge in [0.1, 0.15) is 0 Å². The quantitative estimate of drug-likeness (QED) is 0.247. The smallest absolute Gasteiger partial charge is 1.00 e. The predicted octanol–water partition coefficient (Wildman–Crippen LogP) is -2.54. The van der Waals surface area contributed by atoms with Crippen molar-refractivity contribution in [3.8, 4) is 0 Å². The second-order valence-corrected chi connectivity index (χ2v) is 0.845. The summed E-state index contributed by atoms with van der Waals surface area (Å²) >= 11 is 0. The van der Waals surface area contributed by atoms with Crippen LogP contribution in [0.1, 0.15) is 8.35 Å². The van der Waals surface area contributed by atoms with Crippen LogP contribution in [0.4, 0.5) is 0 Å². The maximum atomic E-state index is 9.57. The van der Waals surface area contributed by atoms with Gasteiger partial charge in [-0.25, -0.2) is 0 Å². The van der Waals surface area contributed by atoms with E-state index in [-0.39, 0.29) is 26.3 Å². The van der Waals surface area contributed by atoms with E-state index in [1.165, 1.54) is 6.92 Å². The molecule has 1 atom stereocenters. The second kappa shape index (κ2) is 5.50. The molecule has 0 aliphatic heterocycles. The first-order chi connectivity index (χ1) is 2.27.